The monoisotopic (exact) mass is 342 g/mol. The van der Waals surface area contributed by atoms with Crippen LogP contribution in [0.25, 0.3) is 6.08 Å². The highest BCUT2D eigenvalue weighted by molar-refractivity contribution is 5.94. The molecule has 1 aromatic heterocycles. The maximum atomic E-state index is 11.7. The second-order valence-electron chi connectivity index (χ2n) is 5.02. The first-order chi connectivity index (χ1) is 12.1. The van der Waals surface area contributed by atoms with Gasteiger partial charge in [-0.25, -0.2) is 4.79 Å². The maximum absolute atomic E-state index is 11.7. The quantitative estimate of drug-likeness (QED) is 0.587. The molecule has 0 fully saturated rings. The largest absolute Gasteiger partial charge is 0.467 e. The van der Waals surface area contributed by atoms with E-state index in [1.165, 1.54) is 19.4 Å². The van der Waals surface area contributed by atoms with E-state index >= 15 is 0 Å². The lowest BCUT2D eigenvalue weighted by Crippen LogP contribution is -2.35. The molecule has 1 heterocycles. The van der Waals surface area contributed by atoms with Gasteiger partial charge in [0.2, 0.25) is 11.8 Å². The van der Waals surface area contributed by atoms with Crippen molar-refractivity contribution in [3.05, 3.63) is 65.6 Å². The highest BCUT2D eigenvalue weighted by Gasteiger charge is 2.05. The number of esters is 1. The minimum Gasteiger partial charge on any atom is -0.467 e. The molecule has 0 spiro atoms. The molecule has 0 unspecified atom stereocenters. The Bertz CT molecular complexity index is 748. The number of nitrogens with one attached hydrogen (secondary N) is 2. The van der Waals surface area contributed by atoms with Crippen LogP contribution in [0.3, 0.4) is 0 Å². The number of hydrogen-bond donors (Lipinski definition) is 2. The second kappa shape index (κ2) is 9.07. The molecule has 0 aliphatic rings. The minimum absolute atomic E-state index is 0.134. The Balaban J connectivity index is 1.74. The molecule has 2 rings (SSSR count). The standard InChI is InChI=1S/C18H18N2O5/c1-24-18(23)14-7-4-13(5-8-14)6-9-16(21)20-12-17(22)19-11-15-3-2-10-25-15/h2-10H,11-12H2,1H3,(H,19,22)(H,20,21)/b9-6+. The molecule has 1 aromatic carbocycles. The van der Waals surface area contributed by atoms with Crippen LogP contribution < -0.4 is 10.6 Å². The van der Waals surface area contributed by atoms with E-state index in [4.69, 9.17) is 4.42 Å². The van der Waals surface area contributed by atoms with Crippen LogP contribution in [-0.4, -0.2) is 31.4 Å². The molecule has 2 aromatic rings. The fourth-order valence-corrected chi connectivity index (χ4v) is 1.91. The molecule has 7 nitrogen and oxygen atoms in total. The third-order valence-corrected chi connectivity index (χ3v) is 3.22. The summed E-state index contributed by atoms with van der Waals surface area (Å²) in [5, 5.41) is 5.10. The lowest BCUT2D eigenvalue weighted by Gasteiger charge is -2.04. The van der Waals surface area contributed by atoms with Gasteiger partial charge in [0.05, 0.1) is 32.0 Å². The number of benzene rings is 1. The van der Waals surface area contributed by atoms with Gasteiger partial charge in [-0.3, -0.25) is 9.59 Å². The molecule has 0 aliphatic carbocycles. The highest BCUT2D eigenvalue weighted by atomic mass is 16.5. The number of ether oxygens (including phenoxy) is 1. The summed E-state index contributed by atoms with van der Waals surface area (Å²) in [4.78, 5) is 34.6. The Morgan fingerprint density at radius 3 is 2.52 bits per heavy atom. The SMILES string of the molecule is COC(=O)c1ccc(/C=C/C(=O)NCC(=O)NCc2ccco2)cc1. The van der Waals surface area contributed by atoms with Crippen molar-refractivity contribution in [2.75, 3.05) is 13.7 Å². The number of methoxy groups -OCH3 is 1. The molecule has 25 heavy (non-hydrogen) atoms. The summed E-state index contributed by atoms with van der Waals surface area (Å²) in [7, 11) is 1.31. The highest BCUT2D eigenvalue weighted by Crippen LogP contribution is 2.07. The zero-order chi connectivity index (χ0) is 18.1. The lowest BCUT2D eigenvalue weighted by molar-refractivity contribution is -0.124. The van der Waals surface area contributed by atoms with E-state index in [9.17, 15) is 14.4 Å². The van der Waals surface area contributed by atoms with E-state index in [2.05, 4.69) is 15.4 Å². The molecule has 0 atom stereocenters. The van der Waals surface area contributed by atoms with Gasteiger partial charge in [0.25, 0.3) is 0 Å². The number of amides is 2. The number of carbonyl (C=O) groups is 3. The Morgan fingerprint density at radius 1 is 1.12 bits per heavy atom. The Morgan fingerprint density at radius 2 is 1.88 bits per heavy atom. The third-order valence-electron chi connectivity index (χ3n) is 3.22. The Kier molecular flexibility index (Phi) is 6.53. The summed E-state index contributed by atoms with van der Waals surface area (Å²) in [6, 6.07) is 10.0. The van der Waals surface area contributed by atoms with Crippen LogP contribution in [0.15, 0.2) is 53.2 Å². The average Bonchev–Trinajstić information content (AvgIpc) is 3.16. The van der Waals surface area contributed by atoms with Crippen LogP contribution in [0.4, 0.5) is 0 Å². The van der Waals surface area contributed by atoms with Crippen LogP contribution in [0.5, 0.6) is 0 Å². The lowest BCUT2D eigenvalue weighted by atomic mass is 10.1. The number of carbonyl (C=O) groups excluding carboxylic acids is 3. The summed E-state index contributed by atoms with van der Waals surface area (Å²) >= 11 is 0. The normalized spacial score (nSPS) is 10.4. The van der Waals surface area contributed by atoms with Crippen molar-refractivity contribution in [1.29, 1.82) is 0 Å². The molecule has 130 valence electrons. The van der Waals surface area contributed by atoms with Crippen molar-refractivity contribution >= 4 is 23.9 Å². The number of furan rings is 1. The predicted molar refractivity (Wildman–Crippen MR) is 90.4 cm³/mol. The first-order valence-corrected chi connectivity index (χ1v) is 7.52. The van der Waals surface area contributed by atoms with E-state index in [0.717, 1.165) is 5.56 Å². The third kappa shape index (κ3) is 5.98. The summed E-state index contributed by atoms with van der Waals surface area (Å²) in [5.41, 5.74) is 1.17. The molecule has 2 N–H and O–H groups in total. The molecule has 7 heteroatoms. The van der Waals surface area contributed by atoms with E-state index in [1.54, 1.807) is 42.5 Å². The summed E-state index contributed by atoms with van der Waals surface area (Å²) in [5.74, 6) is -0.505. The van der Waals surface area contributed by atoms with Crippen LogP contribution in [0, 0.1) is 0 Å². The van der Waals surface area contributed by atoms with Gasteiger partial charge in [-0.2, -0.15) is 0 Å². The van der Waals surface area contributed by atoms with Crippen molar-refractivity contribution in [3.63, 3.8) is 0 Å². The van der Waals surface area contributed by atoms with Crippen molar-refractivity contribution in [3.8, 4) is 0 Å². The topological polar surface area (TPSA) is 97.6 Å². The van der Waals surface area contributed by atoms with Gasteiger partial charge in [-0.15, -0.1) is 0 Å². The number of rotatable bonds is 7. The molecule has 0 bridgehead atoms. The Hall–Kier alpha value is -3.35. The van der Waals surface area contributed by atoms with E-state index in [0.29, 0.717) is 11.3 Å². The second-order valence-corrected chi connectivity index (χ2v) is 5.02. The van der Waals surface area contributed by atoms with Crippen LogP contribution in [0.1, 0.15) is 21.7 Å². The van der Waals surface area contributed by atoms with E-state index in [-0.39, 0.29) is 19.0 Å². The molecule has 0 saturated heterocycles. The zero-order valence-electron chi connectivity index (χ0n) is 13.7. The minimum atomic E-state index is -0.422. The molecule has 0 aliphatic heterocycles. The van der Waals surface area contributed by atoms with Gasteiger partial charge in [0.15, 0.2) is 0 Å². The van der Waals surface area contributed by atoms with Crippen molar-refractivity contribution in [2.45, 2.75) is 6.54 Å². The summed E-state index contributed by atoms with van der Waals surface area (Å²) in [6.07, 6.45) is 4.41. The maximum Gasteiger partial charge on any atom is 0.337 e. The average molecular weight is 342 g/mol. The predicted octanol–water partition coefficient (Wildman–Crippen LogP) is 1.51. The molecular formula is C18H18N2O5. The smallest absolute Gasteiger partial charge is 0.337 e. The van der Waals surface area contributed by atoms with Crippen molar-refractivity contribution in [1.82, 2.24) is 10.6 Å². The van der Waals surface area contributed by atoms with E-state index in [1.807, 2.05) is 0 Å². The van der Waals surface area contributed by atoms with Gasteiger partial charge in [0.1, 0.15) is 5.76 Å². The molecule has 2 amide bonds. The van der Waals surface area contributed by atoms with Gasteiger partial charge in [0, 0.05) is 6.08 Å². The first kappa shape index (κ1) is 18.0. The number of hydrogen-bond acceptors (Lipinski definition) is 5. The van der Waals surface area contributed by atoms with Crippen LogP contribution in [-0.2, 0) is 20.9 Å². The summed E-state index contributed by atoms with van der Waals surface area (Å²) < 4.78 is 9.69. The van der Waals surface area contributed by atoms with E-state index < -0.39 is 11.9 Å². The van der Waals surface area contributed by atoms with Crippen LogP contribution >= 0.6 is 0 Å². The Labute approximate surface area is 144 Å². The van der Waals surface area contributed by atoms with Gasteiger partial charge < -0.3 is 19.8 Å². The van der Waals surface area contributed by atoms with Crippen molar-refractivity contribution < 1.29 is 23.5 Å². The van der Waals surface area contributed by atoms with Gasteiger partial charge in [-0.05, 0) is 35.9 Å². The zero-order valence-corrected chi connectivity index (χ0v) is 13.7. The van der Waals surface area contributed by atoms with Crippen molar-refractivity contribution in [2.24, 2.45) is 0 Å². The van der Waals surface area contributed by atoms with Gasteiger partial charge >= 0.3 is 5.97 Å². The summed E-state index contributed by atoms with van der Waals surface area (Å²) in [6.45, 7) is 0.134. The van der Waals surface area contributed by atoms with Crippen LogP contribution in [0.2, 0.25) is 0 Å². The fourth-order valence-electron chi connectivity index (χ4n) is 1.91. The molecular weight excluding hydrogens is 324 g/mol. The first-order valence-electron chi connectivity index (χ1n) is 7.52. The fraction of sp³-hybridized carbons (Fsp3) is 0.167. The molecule has 0 saturated carbocycles. The van der Waals surface area contributed by atoms with Gasteiger partial charge in [-0.1, -0.05) is 12.1 Å². The molecule has 0 radical (unpaired) electrons.